The van der Waals surface area contributed by atoms with Crippen LogP contribution in [0.15, 0.2) is 29.6 Å². The first-order chi connectivity index (χ1) is 11.8. The molecule has 0 aliphatic carbocycles. The zero-order valence-corrected chi connectivity index (χ0v) is 15.4. The Kier molecular flexibility index (Phi) is 6.11. The van der Waals surface area contributed by atoms with Gasteiger partial charge in [0.1, 0.15) is 11.4 Å². The number of rotatable bonds is 7. The second kappa shape index (κ2) is 8.09. The van der Waals surface area contributed by atoms with E-state index in [2.05, 4.69) is 5.32 Å². The summed E-state index contributed by atoms with van der Waals surface area (Å²) in [5.74, 6) is 0.0630. The predicted octanol–water partition coefficient (Wildman–Crippen LogP) is 3.43. The number of nitro benzene ring substituents is 1. The number of anilines is 1. The Morgan fingerprint density at radius 1 is 1.44 bits per heavy atom. The number of methoxy groups -OCH3 is 1. The van der Waals surface area contributed by atoms with Crippen molar-refractivity contribution in [1.82, 2.24) is 4.90 Å². The van der Waals surface area contributed by atoms with Gasteiger partial charge in [-0.05, 0) is 50.0 Å². The first-order valence-corrected chi connectivity index (χ1v) is 8.58. The minimum absolute atomic E-state index is 0.156. The maximum atomic E-state index is 12.5. The van der Waals surface area contributed by atoms with Gasteiger partial charge in [0.2, 0.25) is 5.91 Å². The summed E-state index contributed by atoms with van der Waals surface area (Å²) in [5.41, 5.74) is 1.15. The van der Waals surface area contributed by atoms with Gasteiger partial charge in [0.05, 0.1) is 24.1 Å². The maximum Gasteiger partial charge on any atom is 0.296 e. The molecule has 1 heterocycles. The Hall–Kier alpha value is -2.45. The number of likely N-dealkylation sites (N-methyl/N-ethyl adjacent to an activating group) is 1. The van der Waals surface area contributed by atoms with Crippen molar-refractivity contribution in [2.45, 2.75) is 26.4 Å². The molecule has 0 saturated carbocycles. The van der Waals surface area contributed by atoms with Gasteiger partial charge in [-0.3, -0.25) is 19.8 Å². The van der Waals surface area contributed by atoms with Gasteiger partial charge >= 0.3 is 0 Å². The number of hydrogen-bond acceptors (Lipinski definition) is 6. The maximum absolute atomic E-state index is 12.5. The molecule has 1 aromatic carbocycles. The molecular formula is C17H21N3O4S. The van der Waals surface area contributed by atoms with Gasteiger partial charge in [0, 0.05) is 11.4 Å². The Morgan fingerprint density at radius 3 is 2.72 bits per heavy atom. The van der Waals surface area contributed by atoms with Crippen molar-refractivity contribution < 1.29 is 14.5 Å². The van der Waals surface area contributed by atoms with Crippen LogP contribution in [0.1, 0.15) is 17.4 Å². The van der Waals surface area contributed by atoms with Crippen LogP contribution < -0.4 is 10.1 Å². The summed E-state index contributed by atoms with van der Waals surface area (Å²) in [6.07, 6.45) is 0. The molecule has 0 radical (unpaired) electrons. The lowest BCUT2D eigenvalue weighted by molar-refractivity contribution is -0.384. The van der Waals surface area contributed by atoms with Crippen LogP contribution in [0.3, 0.4) is 0 Å². The van der Waals surface area contributed by atoms with Crippen molar-refractivity contribution >= 4 is 28.6 Å². The fourth-order valence-electron chi connectivity index (χ4n) is 2.26. The van der Waals surface area contributed by atoms with Crippen LogP contribution >= 0.6 is 11.3 Å². The van der Waals surface area contributed by atoms with Gasteiger partial charge in [-0.1, -0.05) is 0 Å². The fraction of sp³-hybridized carbons (Fsp3) is 0.353. The molecule has 0 aliphatic rings. The van der Waals surface area contributed by atoms with Crippen LogP contribution in [-0.4, -0.2) is 35.9 Å². The molecule has 1 N–H and O–H groups in total. The van der Waals surface area contributed by atoms with E-state index in [9.17, 15) is 14.9 Å². The number of ether oxygens (including phenoxy) is 1. The number of aryl methyl sites for hydroxylation is 1. The summed E-state index contributed by atoms with van der Waals surface area (Å²) in [6.45, 7) is 4.45. The average Bonchev–Trinajstić information content (AvgIpc) is 2.98. The highest BCUT2D eigenvalue weighted by Crippen LogP contribution is 2.29. The number of carbonyl (C=O) groups is 1. The number of nitrogens with one attached hydrogen (secondary N) is 1. The molecule has 2 aromatic rings. The van der Waals surface area contributed by atoms with Crippen LogP contribution in [0, 0.1) is 17.0 Å². The minimum Gasteiger partial charge on any atom is -0.496 e. The lowest BCUT2D eigenvalue weighted by Gasteiger charge is -2.23. The van der Waals surface area contributed by atoms with E-state index in [1.807, 2.05) is 30.3 Å². The van der Waals surface area contributed by atoms with Crippen molar-refractivity contribution in [2.24, 2.45) is 0 Å². The predicted molar refractivity (Wildman–Crippen MR) is 98.3 cm³/mol. The average molecular weight is 363 g/mol. The number of nitro groups is 1. The van der Waals surface area contributed by atoms with Gasteiger partial charge < -0.3 is 10.1 Å². The summed E-state index contributed by atoms with van der Waals surface area (Å²) < 4.78 is 5.00. The monoisotopic (exact) mass is 363 g/mol. The molecule has 134 valence electrons. The number of benzene rings is 1. The van der Waals surface area contributed by atoms with Gasteiger partial charge in [0.15, 0.2) is 0 Å². The van der Waals surface area contributed by atoms with Crippen molar-refractivity contribution in [3.63, 3.8) is 0 Å². The number of thiophene rings is 1. The molecule has 0 saturated heterocycles. The molecule has 0 fully saturated rings. The number of carbonyl (C=O) groups excluding carboxylic acids is 1. The SMILES string of the molecule is COc1ccc(NC(=O)[C@@H](C)N(C)Cc2sccc2C)c([N+](=O)[O-])c1. The summed E-state index contributed by atoms with van der Waals surface area (Å²) in [4.78, 5) is 26.3. The van der Waals surface area contributed by atoms with E-state index in [4.69, 9.17) is 4.74 Å². The highest BCUT2D eigenvalue weighted by atomic mass is 32.1. The Labute approximate surface area is 150 Å². The standard InChI is InChI=1S/C17H21N3O4S/c1-11-7-8-25-16(11)10-19(3)12(2)17(21)18-14-6-5-13(24-4)9-15(14)20(22)23/h5-9,12H,10H2,1-4H3,(H,18,21)/t12-/m1/s1. The van der Waals surface area contributed by atoms with E-state index in [1.165, 1.54) is 29.7 Å². The molecule has 0 aliphatic heterocycles. The van der Waals surface area contributed by atoms with E-state index >= 15 is 0 Å². The Balaban J connectivity index is 2.10. The first-order valence-electron chi connectivity index (χ1n) is 7.70. The molecule has 1 amide bonds. The zero-order valence-electron chi connectivity index (χ0n) is 14.6. The lowest BCUT2D eigenvalue weighted by Crippen LogP contribution is -2.39. The molecule has 2 rings (SSSR count). The van der Waals surface area contributed by atoms with Crippen LogP contribution in [0.4, 0.5) is 11.4 Å². The molecule has 7 nitrogen and oxygen atoms in total. The Morgan fingerprint density at radius 2 is 2.16 bits per heavy atom. The van der Waals surface area contributed by atoms with E-state index in [0.29, 0.717) is 12.3 Å². The van der Waals surface area contributed by atoms with Gasteiger partial charge in [-0.2, -0.15) is 0 Å². The summed E-state index contributed by atoms with van der Waals surface area (Å²) >= 11 is 1.64. The van der Waals surface area contributed by atoms with Crippen molar-refractivity contribution in [3.8, 4) is 5.75 Å². The summed E-state index contributed by atoms with van der Waals surface area (Å²) in [5, 5.41) is 15.9. The second-order valence-corrected chi connectivity index (χ2v) is 6.75. The lowest BCUT2D eigenvalue weighted by atomic mass is 10.2. The van der Waals surface area contributed by atoms with Crippen LogP contribution in [0.2, 0.25) is 0 Å². The van der Waals surface area contributed by atoms with Crippen LogP contribution in [-0.2, 0) is 11.3 Å². The van der Waals surface area contributed by atoms with Gasteiger partial charge in [-0.15, -0.1) is 11.3 Å². The quantitative estimate of drug-likeness (QED) is 0.602. The van der Waals surface area contributed by atoms with Crippen molar-refractivity contribution in [1.29, 1.82) is 0 Å². The second-order valence-electron chi connectivity index (χ2n) is 5.75. The minimum atomic E-state index is -0.540. The summed E-state index contributed by atoms with van der Waals surface area (Å²) in [7, 11) is 3.28. The molecule has 0 spiro atoms. The number of nitrogens with zero attached hydrogens (tertiary/aromatic N) is 2. The highest BCUT2D eigenvalue weighted by molar-refractivity contribution is 7.10. The van der Waals surface area contributed by atoms with Crippen molar-refractivity contribution in [2.75, 3.05) is 19.5 Å². The third-order valence-electron chi connectivity index (χ3n) is 4.06. The molecule has 25 heavy (non-hydrogen) atoms. The van der Waals surface area contributed by atoms with E-state index < -0.39 is 11.0 Å². The Bertz CT molecular complexity index is 775. The topological polar surface area (TPSA) is 84.7 Å². The largest absolute Gasteiger partial charge is 0.496 e. The molecule has 0 bridgehead atoms. The highest BCUT2D eigenvalue weighted by Gasteiger charge is 2.23. The molecule has 8 heteroatoms. The molecule has 1 aromatic heterocycles. The van der Waals surface area contributed by atoms with Gasteiger partial charge in [-0.25, -0.2) is 0 Å². The third kappa shape index (κ3) is 4.55. The van der Waals surface area contributed by atoms with Crippen LogP contribution in [0.25, 0.3) is 0 Å². The molecule has 0 unspecified atom stereocenters. The number of hydrogen-bond donors (Lipinski definition) is 1. The van der Waals surface area contributed by atoms with Gasteiger partial charge in [0.25, 0.3) is 5.69 Å². The molecular weight excluding hydrogens is 342 g/mol. The molecule has 1 atom stereocenters. The number of amides is 1. The van der Waals surface area contributed by atoms with E-state index in [0.717, 1.165) is 0 Å². The first kappa shape index (κ1) is 18.9. The smallest absolute Gasteiger partial charge is 0.296 e. The third-order valence-corrected chi connectivity index (χ3v) is 5.07. The van der Waals surface area contributed by atoms with E-state index in [-0.39, 0.29) is 17.3 Å². The summed E-state index contributed by atoms with van der Waals surface area (Å²) in [6, 6.07) is 5.94. The zero-order chi connectivity index (χ0) is 18.6. The van der Waals surface area contributed by atoms with Crippen LogP contribution in [0.5, 0.6) is 5.75 Å². The normalized spacial score (nSPS) is 12.0. The fourth-order valence-corrected chi connectivity index (χ4v) is 3.23. The van der Waals surface area contributed by atoms with Crippen molar-refractivity contribution in [3.05, 3.63) is 50.2 Å². The van der Waals surface area contributed by atoms with E-state index in [1.54, 1.807) is 24.3 Å².